The first-order valence-corrected chi connectivity index (χ1v) is 4.00. The van der Waals surface area contributed by atoms with Gasteiger partial charge in [-0.25, -0.2) is 0 Å². The average molecular weight is 152 g/mol. The fourth-order valence-corrected chi connectivity index (χ4v) is 1.30. The van der Waals surface area contributed by atoms with E-state index in [2.05, 4.69) is 0 Å². The summed E-state index contributed by atoms with van der Waals surface area (Å²) in [4.78, 5) is 0. The second-order valence-electron chi connectivity index (χ2n) is 3.27. The summed E-state index contributed by atoms with van der Waals surface area (Å²) in [5.41, 5.74) is 0.935. The summed E-state index contributed by atoms with van der Waals surface area (Å²) in [6.45, 7) is 1.89. The molecule has 1 aromatic heterocycles. The minimum atomic E-state index is -0.285. The fraction of sp³-hybridized carbons (Fsp3) is 0.556. The number of aryl methyl sites for hydroxylation is 1. The van der Waals surface area contributed by atoms with Crippen LogP contribution in [0.5, 0.6) is 0 Å². The normalized spacial score (nSPS) is 20.2. The Morgan fingerprint density at radius 1 is 1.64 bits per heavy atom. The van der Waals surface area contributed by atoms with Crippen molar-refractivity contribution in [3.05, 3.63) is 23.7 Å². The predicted molar refractivity (Wildman–Crippen MR) is 41.1 cm³/mol. The summed E-state index contributed by atoms with van der Waals surface area (Å²) < 4.78 is 5.10. The Morgan fingerprint density at radius 3 is 2.82 bits per heavy atom. The van der Waals surface area contributed by atoms with E-state index in [1.54, 1.807) is 6.26 Å². The number of aliphatic hydroxyl groups is 1. The van der Waals surface area contributed by atoms with Crippen LogP contribution in [0.4, 0.5) is 0 Å². The van der Waals surface area contributed by atoms with E-state index in [0.29, 0.717) is 5.92 Å². The molecular formula is C9H12O2. The molecule has 1 aromatic rings. The molecule has 1 saturated carbocycles. The Balaban J connectivity index is 2.14. The van der Waals surface area contributed by atoms with Gasteiger partial charge in [0, 0.05) is 5.56 Å². The molecule has 0 aromatic carbocycles. The van der Waals surface area contributed by atoms with Gasteiger partial charge < -0.3 is 9.52 Å². The van der Waals surface area contributed by atoms with Gasteiger partial charge in [-0.2, -0.15) is 0 Å². The molecule has 1 aliphatic carbocycles. The van der Waals surface area contributed by atoms with E-state index in [1.807, 2.05) is 13.0 Å². The Morgan fingerprint density at radius 2 is 2.36 bits per heavy atom. The molecule has 0 spiro atoms. The Hall–Kier alpha value is -0.760. The van der Waals surface area contributed by atoms with Crippen molar-refractivity contribution in [2.75, 3.05) is 0 Å². The summed E-state index contributed by atoms with van der Waals surface area (Å²) in [5.74, 6) is 1.37. The van der Waals surface area contributed by atoms with Crippen molar-refractivity contribution in [3.63, 3.8) is 0 Å². The van der Waals surface area contributed by atoms with Crippen LogP contribution in [0.25, 0.3) is 0 Å². The Bertz CT molecular complexity index is 248. The molecule has 1 N–H and O–H groups in total. The van der Waals surface area contributed by atoms with E-state index in [4.69, 9.17) is 4.42 Å². The maximum Gasteiger partial charge on any atom is 0.101 e. The highest BCUT2D eigenvalue weighted by atomic mass is 16.3. The van der Waals surface area contributed by atoms with Crippen LogP contribution in [0.3, 0.4) is 0 Å². The summed E-state index contributed by atoms with van der Waals surface area (Å²) >= 11 is 0. The van der Waals surface area contributed by atoms with Gasteiger partial charge in [-0.1, -0.05) is 0 Å². The highest BCUT2D eigenvalue weighted by Crippen LogP contribution is 2.41. The number of rotatable bonds is 2. The summed E-state index contributed by atoms with van der Waals surface area (Å²) in [6, 6.07) is 1.91. The Kier molecular flexibility index (Phi) is 1.50. The quantitative estimate of drug-likeness (QED) is 0.703. The van der Waals surface area contributed by atoms with Gasteiger partial charge in [-0.05, 0) is 31.7 Å². The topological polar surface area (TPSA) is 33.4 Å². The molecule has 1 aliphatic rings. The van der Waals surface area contributed by atoms with Crippen LogP contribution in [-0.2, 0) is 0 Å². The highest BCUT2D eigenvalue weighted by Gasteiger charge is 2.31. The van der Waals surface area contributed by atoms with Gasteiger partial charge in [0.2, 0.25) is 0 Å². The SMILES string of the molecule is Cc1cc(C(O)C2CC2)co1. The van der Waals surface area contributed by atoms with Crippen molar-refractivity contribution in [3.8, 4) is 0 Å². The monoisotopic (exact) mass is 152 g/mol. The van der Waals surface area contributed by atoms with E-state index >= 15 is 0 Å². The molecule has 2 heteroatoms. The van der Waals surface area contributed by atoms with Gasteiger partial charge in [-0.15, -0.1) is 0 Å². The van der Waals surface area contributed by atoms with E-state index in [9.17, 15) is 5.11 Å². The van der Waals surface area contributed by atoms with Crippen LogP contribution < -0.4 is 0 Å². The van der Waals surface area contributed by atoms with Gasteiger partial charge in [0.1, 0.15) is 5.76 Å². The summed E-state index contributed by atoms with van der Waals surface area (Å²) in [5, 5.41) is 9.61. The zero-order valence-electron chi connectivity index (χ0n) is 6.58. The maximum absolute atomic E-state index is 9.61. The molecule has 1 fully saturated rings. The average Bonchev–Trinajstić information content (AvgIpc) is 2.74. The first-order chi connectivity index (χ1) is 5.27. The smallest absolute Gasteiger partial charge is 0.101 e. The van der Waals surface area contributed by atoms with Crippen LogP contribution >= 0.6 is 0 Å². The first-order valence-electron chi connectivity index (χ1n) is 4.00. The molecule has 0 saturated heterocycles. The standard InChI is InChI=1S/C9H12O2/c1-6-4-8(5-11-6)9(10)7-2-3-7/h4-5,7,9-10H,2-3H2,1H3. The molecule has 0 bridgehead atoms. The second kappa shape index (κ2) is 2.38. The van der Waals surface area contributed by atoms with Crippen LogP contribution in [-0.4, -0.2) is 5.11 Å². The second-order valence-corrected chi connectivity index (χ2v) is 3.27. The molecule has 0 radical (unpaired) electrons. The van der Waals surface area contributed by atoms with Crippen molar-refractivity contribution >= 4 is 0 Å². The third kappa shape index (κ3) is 1.31. The van der Waals surface area contributed by atoms with Crippen molar-refractivity contribution in [2.45, 2.75) is 25.9 Å². The lowest BCUT2D eigenvalue weighted by molar-refractivity contribution is 0.153. The number of aliphatic hydroxyl groups excluding tert-OH is 1. The van der Waals surface area contributed by atoms with Crippen molar-refractivity contribution < 1.29 is 9.52 Å². The minimum absolute atomic E-state index is 0.285. The van der Waals surface area contributed by atoms with Gasteiger partial charge in [0.15, 0.2) is 0 Å². The summed E-state index contributed by atoms with van der Waals surface area (Å²) in [7, 11) is 0. The number of hydrogen-bond donors (Lipinski definition) is 1. The number of hydrogen-bond acceptors (Lipinski definition) is 2. The molecule has 0 amide bonds. The molecule has 2 nitrogen and oxygen atoms in total. The van der Waals surface area contributed by atoms with Gasteiger partial charge in [-0.3, -0.25) is 0 Å². The van der Waals surface area contributed by atoms with Crippen LogP contribution in [0.1, 0.15) is 30.3 Å². The maximum atomic E-state index is 9.61. The molecule has 11 heavy (non-hydrogen) atoms. The number of furan rings is 1. The molecule has 2 rings (SSSR count). The first kappa shape index (κ1) is 6.92. The zero-order chi connectivity index (χ0) is 7.84. The lowest BCUT2D eigenvalue weighted by Crippen LogP contribution is -1.96. The van der Waals surface area contributed by atoms with Crippen molar-refractivity contribution in [1.29, 1.82) is 0 Å². The third-order valence-electron chi connectivity index (χ3n) is 2.16. The van der Waals surface area contributed by atoms with E-state index in [-0.39, 0.29) is 6.10 Å². The fourth-order valence-electron chi connectivity index (χ4n) is 1.30. The zero-order valence-corrected chi connectivity index (χ0v) is 6.58. The Labute approximate surface area is 65.8 Å². The molecular weight excluding hydrogens is 140 g/mol. The predicted octanol–water partition coefficient (Wildman–Crippen LogP) is 2.03. The van der Waals surface area contributed by atoms with Crippen LogP contribution in [0.15, 0.2) is 16.7 Å². The minimum Gasteiger partial charge on any atom is -0.469 e. The van der Waals surface area contributed by atoms with Crippen LogP contribution in [0, 0.1) is 12.8 Å². The lowest BCUT2D eigenvalue weighted by atomic mass is 10.1. The van der Waals surface area contributed by atoms with Gasteiger partial charge in [0.25, 0.3) is 0 Å². The third-order valence-corrected chi connectivity index (χ3v) is 2.16. The summed E-state index contributed by atoms with van der Waals surface area (Å²) in [6.07, 6.45) is 3.68. The van der Waals surface area contributed by atoms with Gasteiger partial charge >= 0.3 is 0 Å². The highest BCUT2D eigenvalue weighted by molar-refractivity contribution is 5.16. The van der Waals surface area contributed by atoms with Crippen LogP contribution in [0.2, 0.25) is 0 Å². The molecule has 1 heterocycles. The molecule has 1 atom stereocenters. The molecule has 0 aliphatic heterocycles. The lowest BCUT2D eigenvalue weighted by Gasteiger charge is -2.03. The van der Waals surface area contributed by atoms with Gasteiger partial charge in [0.05, 0.1) is 12.4 Å². The molecule has 60 valence electrons. The largest absolute Gasteiger partial charge is 0.469 e. The van der Waals surface area contributed by atoms with Crippen molar-refractivity contribution in [2.24, 2.45) is 5.92 Å². The molecule has 1 unspecified atom stereocenters. The van der Waals surface area contributed by atoms with Crippen molar-refractivity contribution in [1.82, 2.24) is 0 Å². The van der Waals surface area contributed by atoms with E-state index < -0.39 is 0 Å². The van der Waals surface area contributed by atoms with E-state index in [1.165, 1.54) is 0 Å². The van der Waals surface area contributed by atoms with E-state index in [0.717, 1.165) is 24.2 Å².